The van der Waals surface area contributed by atoms with E-state index in [1.807, 2.05) is 6.92 Å². The van der Waals surface area contributed by atoms with Gasteiger partial charge in [0.1, 0.15) is 12.4 Å². The van der Waals surface area contributed by atoms with E-state index in [0.717, 1.165) is 4.90 Å². The predicted octanol–water partition coefficient (Wildman–Crippen LogP) is 2.32. The zero-order valence-electron chi connectivity index (χ0n) is 11.5. The quantitative estimate of drug-likeness (QED) is 0.904. The molecule has 1 N–H and O–H groups in total. The van der Waals surface area contributed by atoms with E-state index in [1.54, 1.807) is 0 Å². The van der Waals surface area contributed by atoms with Gasteiger partial charge in [0.25, 0.3) is 5.91 Å². The molecule has 0 fully saturated rings. The summed E-state index contributed by atoms with van der Waals surface area (Å²) in [6.45, 7) is 4.23. The molecule has 0 bridgehead atoms. The Bertz CT molecular complexity index is 445. The summed E-state index contributed by atoms with van der Waals surface area (Å²) in [6, 6.07) is 2.29. The molecule has 0 spiro atoms. The highest BCUT2D eigenvalue weighted by Crippen LogP contribution is 2.19. The highest BCUT2D eigenvalue weighted by molar-refractivity contribution is 5.92. The summed E-state index contributed by atoms with van der Waals surface area (Å²) >= 11 is 0. The number of amides is 1. The number of aromatic nitrogens is 2. The zero-order chi connectivity index (χ0) is 15.3. The Hall–Kier alpha value is -1.86. The maximum atomic E-state index is 12.5. The van der Waals surface area contributed by atoms with Crippen LogP contribution in [0.1, 0.15) is 31.3 Å². The lowest BCUT2D eigenvalue weighted by Crippen LogP contribution is -2.43. The van der Waals surface area contributed by atoms with Crippen molar-refractivity contribution in [2.75, 3.05) is 18.4 Å². The molecule has 5 nitrogen and oxygen atoms in total. The van der Waals surface area contributed by atoms with Crippen LogP contribution >= 0.6 is 0 Å². The van der Waals surface area contributed by atoms with Crippen LogP contribution < -0.4 is 5.32 Å². The summed E-state index contributed by atoms with van der Waals surface area (Å²) in [6.07, 6.45) is -4.45. The number of hydrogen-bond donors (Lipinski definition) is 1. The van der Waals surface area contributed by atoms with E-state index in [-0.39, 0.29) is 5.69 Å². The molecule has 0 aromatic carbocycles. The van der Waals surface area contributed by atoms with Gasteiger partial charge in [-0.1, -0.05) is 0 Å². The summed E-state index contributed by atoms with van der Waals surface area (Å²) in [5.41, 5.74) is -0.107. The molecule has 1 aromatic rings. The van der Waals surface area contributed by atoms with Gasteiger partial charge < -0.3 is 10.2 Å². The minimum atomic E-state index is -4.45. The minimum absolute atomic E-state index is 0.107. The standard InChI is InChI=1S/C12H17F3N4O/c1-4-16-10-6-5-9(17-18-10)11(20)19(8(2)3)7-12(13,14)15/h5-6,8H,4,7H2,1-3H3,(H,16,18). The number of nitrogens with one attached hydrogen (secondary N) is 1. The zero-order valence-corrected chi connectivity index (χ0v) is 11.5. The molecule has 0 saturated heterocycles. The number of rotatable bonds is 5. The van der Waals surface area contributed by atoms with Crippen LogP contribution in [-0.2, 0) is 0 Å². The first-order valence-electron chi connectivity index (χ1n) is 6.20. The minimum Gasteiger partial charge on any atom is -0.369 e. The van der Waals surface area contributed by atoms with Crippen LogP contribution in [0.2, 0.25) is 0 Å². The lowest BCUT2D eigenvalue weighted by molar-refractivity contribution is -0.143. The molecule has 1 aromatic heterocycles. The molecule has 0 aliphatic rings. The molecule has 0 aliphatic carbocycles. The van der Waals surface area contributed by atoms with Gasteiger partial charge in [0.15, 0.2) is 5.69 Å². The third kappa shape index (κ3) is 4.67. The molecular formula is C12H17F3N4O. The molecule has 20 heavy (non-hydrogen) atoms. The van der Waals surface area contributed by atoms with Crippen molar-refractivity contribution in [2.45, 2.75) is 33.0 Å². The highest BCUT2D eigenvalue weighted by atomic mass is 19.4. The molecule has 8 heteroatoms. The summed E-state index contributed by atoms with van der Waals surface area (Å²) in [5, 5.41) is 10.3. The van der Waals surface area contributed by atoms with E-state index in [1.165, 1.54) is 26.0 Å². The Morgan fingerprint density at radius 2 is 2.00 bits per heavy atom. The van der Waals surface area contributed by atoms with Crippen LogP contribution in [0, 0.1) is 0 Å². The molecule has 0 saturated carbocycles. The first kappa shape index (κ1) is 16.2. The molecule has 1 heterocycles. The van der Waals surface area contributed by atoms with Gasteiger partial charge >= 0.3 is 6.18 Å². The summed E-state index contributed by atoms with van der Waals surface area (Å²) < 4.78 is 37.4. The normalized spacial score (nSPS) is 11.6. The molecule has 1 amide bonds. The predicted molar refractivity (Wildman–Crippen MR) is 68.4 cm³/mol. The summed E-state index contributed by atoms with van der Waals surface area (Å²) in [4.78, 5) is 12.8. The fourth-order valence-electron chi connectivity index (χ4n) is 1.55. The van der Waals surface area contributed by atoms with Gasteiger partial charge in [-0.15, -0.1) is 10.2 Å². The fraction of sp³-hybridized carbons (Fsp3) is 0.583. The van der Waals surface area contributed by atoms with E-state index in [4.69, 9.17) is 0 Å². The molecule has 1 rings (SSSR count). The van der Waals surface area contributed by atoms with Crippen molar-refractivity contribution in [1.29, 1.82) is 0 Å². The smallest absolute Gasteiger partial charge is 0.369 e. The van der Waals surface area contributed by atoms with Gasteiger partial charge in [0, 0.05) is 12.6 Å². The average molecular weight is 290 g/mol. The molecule has 112 valence electrons. The Morgan fingerprint density at radius 3 is 2.40 bits per heavy atom. The Kier molecular flexibility index (Phi) is 5.29. The second-order valence-electron chi connectivity index (χ2n) is 4.48. The summed E-state index contributed by atoms with van der Waals surface area (Å²) in [7, 11) is 0. The first-order chi connectivity index (χ1) is 9.24. The topological polar surface area (TPSA) is 58.1 Å². The molecular weight excluding hydrogens is 273 g/mol. The number of alkyl halides is 3. The van der Waals surface area contributed by atoms with Crippen LogP contribution in [0.15, 0.2) is 12.1 Å². The van der Waals surface area contributed by atoms with E-state index >= 15 is 0 Å². The van der Waals surface area contributed by atoms with Crippen molar-refractivity contribution in [1.82, 2.24) is 15.1 Å². The second-order valence-corrected chi connectivity index (χ2v) is 4.48. The van der Waals surface area contributed by atoms with Gasteiger partial charge in [-0.3, -0.25) is 4.79 Å². The van der Waals surface area contributed by atoms with E-state index in [9.17, 15) is 18.0 Å². The number of anilines is 1. The van der Waals surface area contributed by atoms with Gasteiger partial charge in [0.05, 0.1) is 0 Å². The SMILES string of the molecule is CCNc1ccc(C(=O)N(CC(F)(F)F)C(C)C)nn1. The van der Waals surface area contributed by atoms with Crippen molar-refractivity contribution in [2.24, 2.45) is 0 Å². The average Bonchev–Trinajstić information content (AvgIpc) is 2.35. The summed E-state index contributed by atoms with van der Waals surface area (Å²) in [5.74, 6) is -0.316. The highest BCUT2D eigenvalue weighted by Gasteiger charge is 2.35. The molecule has 0 unspecified atom stereocenters. The van der Waals surface area contributed by atoms with Gasteiger partial charge in [-0.05, 0) is 32.9 Å². The molecule has 0 aliphatic heterocycles. The number of carbonyl (C=O) groups excluding carboxylic acids is 1. The van der Waals surface area contributed by atoms with Crippen LogP contribution in [0.4, 0.5) is 19.0 Å². The van der Waals surface area contributed by atoms with Gasteiger partial charge in [-0.2, -0.15) is 13.2 Å². The van der Waals surface area contributed by atoms with Crippen LogP contribution in [0.3, 0.4) is 0 Å². The maximum absolute atomic E-state index is 12.5. The second kappa shape index (κ2) is 6.53. The van der Waals surface area contributed by atoms with E-state index in [0.29, 0.717) is 12.4 Å². The van der Waals surface area contributed by atoms with Gasteiger partial charge in [0.2, 0.25) is 0 Å². The largest absolute Gasteiger partial charge is 0.406 e. The van der Waals surface area contributed by atoms with Crippen molar-refractivity contribution in [3.05, 3.63) is 17.8 Å². The van der Waals surface area contributed by atoms with Crippen LogP contribution in [0.25, 0.3) is 0 Å². The van der Waals surface area contributed by atoms with Crippen molar-refractivity contribution in [3.8, 4) is 0 Å². The Morgan fingerprint density at radius 1 is 1.35 bits per heavy atom. The lowest BCUT2D eigenvalue weighted by Gasteiger charge is -2.27. The number of halogens is 3. The van der Waals surface area contributed by atoms with Gasteiger partial charge in [-0.25, -0.2) is 0 Å². The third-order valence-corrected chi connectivity index (χ3v) is 2.48. The third-order valence-electron chi connectivity index (χ3n) is 2.48. The van der Waals surface area contributed by atoms with Crippen molar-refractivity contribution < 1.29 is 18.0 Å². The van der Waals surface area contributed by atoms with Crippen molar-refractivity contribution in [3.63, 3.8) is 0 Å². The van der Waals surface area contributed by atoms with E-state index < -0.39 is 24.7 Å². The first-order valence-corrected chi connectivity index (χ1v) is 6.20. The maximum Gasteiger partial charge on any atom is 0.406 e. The Balaban J connectivity index is 2.89. The number of hydrogen-bond acceptors (Lipinski definition) is 4. The number of nitrogens with zero attached hydrogens (tertiary/aromatic N) is 3. The van der Waals surface area contributed by atoms with Crippen LogP contribution in [0.5, 0.6) is 0 Å². The van der Waals surface area contributed by atoms with E-state index in [2.05, 4.69) is 15.5 Å². The fourth-order valence-corrected chi connectivity index (χ4v) is 1.55. The lowest BCUT2D eigenvalue weighted by atomic mass is 10.2. The van der Waals surface area contributed by atoms with Crippen LogP contribution in [-0.4, -0.2) is 46.3 Å². The monoisotopic (exact) mass is 290 g/mol. The molecule has 0 atom stereocenters. The Labute approximate surface area is 115 Å². The number of carbonyl (C=O) groups is 1. The van der Waals surface area contributed by atoms with Crippen molar-refractivity contribution >= 4 is 11.7 Å². The molecule has 0 radical (unpaired) electrons.